The molecule has 0 atom stereocenters. The van der Waals surface area contributed by atoms with Gasteiger partial charge in [0.1, 0.15) is 23.1 Å². The van der Waals surface area contributed by atoms with Crippen LogP contribution < -0.4 is 4.74 Å². The molecule has 0 radical (unpaired) electrons. The molecule has 0 unspecified atom stereocenters. The summed E-state index contributed by atoms with van der Waals surface area (Å²) in [6.45, 7) is 1.66. The van der Waals surface area contributed by atoms with E-state index in [1.54, 1.807) is 19.1 Å². The first kappa shape index (κ1) is 17.8. The van der Waals surface area contributed by atoms with Gasteiger partial charge in [0, 0.05) is 35.0 Å². The number of aromatic nitrogens is 3. The van der Waals surface area contributed by atoms with Gasteiger partial charge in [-0.15, -0.1) is 11.5 Å². The van der Waals surface area contributed by atoms with Gasteiger partial charge in [0.05, 0.1) is 18.4 Å². The second-order valence-electron chi connectivity index (χ2n) is 5.37. The lowest BCUT2D eigenvalue weighted by Gasteiger charge is -2.15. The number of rotatable bonds is 3. The van der Waals surface area contributed by atoms with Crippen molar-refractivity contribution in [1.29, 1.82) is 0 Å². The minimum Gasteiger partial charge on any atom is -0.497 e. The maximum Gasteiger partial charge on any atom is 0.160 e. The number of hydrogen-bond donors (Lipinski definition) is 0. The predicted molar refractivity (Wildman–Crippen MR) is 94.8 cm³/mol. The van der Waals surface area contributed by atoms with Gasteiger partial charge in [-0.1, -0.05) is 17.5 Å². The van der Waals surface area contributed by atoms with E-state index < -0.39 is 11.6 Å². The van der Waals surface area contributed by atoms with Crippen LogP contribution in [0.3, 0.4) is 0 Å². The Labute approximate surface area is 153 Å². The van der Waals surface area contributed by atoms with Crippen LogP contribution in [0.25, 0.3) is 22.3 Å². The van der Waals surface area contributed by atoms with Crippen LogP contribution in [-0.4, -0.2) is 22.3 Å². The summed E-state index contributed by atoms with van der Waals surface area (Å²) in [5, 5.41) is 7.63. The fourth-order valence-electron chi connectivity index (χ4n) is 2.62. The summed E-state index contributed by atoms with van der Waals surface area (Å²) in [4.78, 5) is 4.12. The predicted octanol–water partition coefficient (Wildman–Crippen LogP) is 4.44. The van der Waals surface area contributed by atoms with Gasteiger partial charge in [-0.3, -0.25) is 0 Å². The number of benzene rings is 1. The quantitative estimate of drug-likeness (QED) is 0.639. The Balaban J connectivity index is 2.32. The molecule has 0 aliphatic heterocycles. The Morgan fingerprint density at radius 3 is 2.31 bits per heavy atom. The van der Waals surface area contributed by atoms with Crippen LogP contribution in [0.4, 0.5) is 8.78 Å². The van der Waals surface area contributed by atoms with Crippen LogP contribution in [0.15, 0.2) is 30.5 Å². The summed E-state index contributed by atoms with van der Waals surface area (Å²) in [5.74, 6) is 0.809. The molecule has 0 fully saturated rings. The Hall–Kier alpha value is -3.04. The molecule has 1 aromatic carbocycles. The summed E-state index contributed by atoms with van der Waals surface area (Å²) in [7, 11) is 1.32. The van der Waals surface area contributed by atoms with Crippen LogP contribution in [0.1, 0.15) is 11.4 Å². The molecule has 0 saturated heterocycles. The first-order valence-electron chi connectivity index (χ1n) is 7.45. The molecule has 0 aliphatic carbocycles. The molecular weight excluding hydrogens is 360 g/mol. The Bertz CT molecular complexity index is 1010. The Kier molecular flexibility index (Phi) is 4.83. The Morgan fingerprint density at radius 1 is 1.08 bits per heavy atom. The lowest BCUT2D eigenvalue weighted by atomic mass is 9.95. The molecule has 0 saturated carbocycles. The molecule has 2 heterocycles. The normalized spacial score (nSPS) is 10.5. The van der Waals surface area contributed by atoms with E-state index in [0.29, 0.717) is 22.5 Å². The minimum atomic E-state index is -0.828. The second kappa shape index (κ2) is 7.06. The van der Waals surface area contributed by atoms with Crippen molar-refractivity contribution < 1.29 is 13.5 Å². The SMILES string of the molecule is C#Cc1ccc(-c2c(C)nnc(Cl)c2-c2c(F)cc(OC)cc2F)cn1. The number of hydrogen-bond acceptors (Lipinski definition) is 4. The van der Waals surface area contributed by atoms with E-state index >= 15 is 0 Å². The molecule has 130 valence electrons. The van der Waals surface area contributed by atoms with E-state index in [9.17, 15) is 8.78 Å². The number of aryl methyl sites for hydroxylation is 1. The van der Waals surface area contributed by atoms with Gasteiger partial charge in [0.25, 0.3) is 0 Å². The number of terminal acetylenes is 1. The molecule has 0 amide bonds. The topological polar surface area (TPSA) is 47.9 Å². The van der Waals surface area contributed by atoms with Crippen molar-refractivity contribution in [3.05, 3.63) is 58.6 Å². The lowest BCUT2D eigenvalue weighted by molar-refractivity contribution is 0.407. The molecule has 0 bridgehead atoms. The van der Waals surface area contributed by atoms with Crippen LogP contribution in [0.2, 0.25) is 5.15 Å². The molecule has 4 nitrogen and oxygen atoms in total. The van der Waals surface area contributed by atoms with Gasteiger partial charge < -0.3 is 4.74 Å². The summed E-state index contributed by atoms with van der Waals surface area (Å²) in [5.41, 5.74) is 1.63. The maximum atomic E-state index is 14.6. The smallest absolute Gasteiger partial charge is 0.160 e. The summed E-state index contributed by atoms with van der Waals surface area (Å²) >= 11 is 6.17. The van der Waals surface area contributed by atoms with E-state index in [2.05, 4.69) is 21.1 Å². The second-order valence-corrected chi connectivity index (χ2v) is 5.73. The highest BCUT2D eigenvalue weighted by Gasteiger charge is 2.23. The molecular formula is C19H12ClF2N3O. The number of methoxy groups -OCH3 is 1. The average molecular weight is 372 g/mol. The van der Waals surface area contributed by atoms with Crippen molar-refractivity contribution in [2.75, 3.05) is 7.11 Å². The van der Waals surface area contributed by atoms with E-state index in [1.807, 2.05) is 0 Å². The molecule has 0 aliphatic rings. The van der Waals surface area contributed by atoms with E-state index in [1.165, 1.54) is 13.3 Å². The van der Waals surface area contributed by atoms with Crippen LogP contribution in [-0.2, 0) is 0 Å². The molecule has 3 rings (SSSR count). The maximum absolute atomic E-state index is 14.6. The van der Waals surface area contributed by atoms with Crippen molar-refractivity contribution in [1.82, 2.24) is 15.2 Å². The largest absolute Gasteiger partial charge is 0.497 e. The van der Waals surface area contributed by atoms with E-state index in [0.717, 1.165) is 12.1 Å². The first-order chi connectivity index (χ1) is 12.5. The van der Waals surface area contributed by atoms with Crippen molar-refractivity contribution in [3.63, 3.8) is 0 Å². The zero-order valence-electron chi connectivity index (χ0n) is 13.8. The standard InChI is InChI=1S/C19H12ClF2N3O/c1-4-12-6-5-11(9-23-12)16-10(2)24-25-19(20)18(16)17-14(21)7-13(26-3)8-15(17)22/h1,5-9H,2-3H3. The Morgan fingerprint density at radius 2 is 1.77 bits per heavy atom. The molecule has 0 N–H and O–H groups in total. The van der Waals surface area contributed by atoms with E-state index in [4.69, 9.17) is 22.8 Å². The molecule has 7 heteroatoms. The number of pyridine rings is 1. The van der Waals surface area contributed by atoms with Crippen LogP contribution in [0.5, 0.6) is 5.75 Å². The van der Waals surface area contributed by atoms with Gasteiger partial charge in [0.15, 0.2) is 5.15 Å². The molecule has 0 spiro atoms. The van der Waals surface area contributed by atoms with Crippen molar-refractivity contribution in [2.45, 2.75) is 6.92 Å². The molecule has 3 aromatic rings. The summed E-state index contributed by atoms with van der Waals surface area (Å²) < 4.78 is 34.2. The average Bonchev–Trinajstić information content (AvgIpc) is 2.64. The fourth-order valence-corrected chi connectivity index (χ4v) is 2.84. The number of ether oxygens (including phenoxy) is 1. The minimum absolute atomic E-state index is 0.0557. The van der Waals surface area contributed by atoms with Crippen molar-refractivity contribution in [3.8, 4) is 40.3 Å². The third-order valence-electron chi connectivity index (χ3n) is 3.81. The first-order valence-corrected chi connectivity index (χ1v) is 7.83. The summed E-state index contributed by atoms with van der Waals surface area (Å²) in [6.07, 6.45) is 6.81. The number of nitrogens with zero attached hydrogens (tertiary/aromatic N) is 3. The molecule has 2 aromatic heterocycles. The van der Waals surface area contributed by atoms with Gasteiger partial charge in [-0.25, -0.2) is 13.8 Å². The summed E-state index contributed by atoms with van der Waals surface area (Å²) in [6, 6.07) is 5.46. The highest BCUT2D eigenvalue weighted by atomic mass is 35.5. The number of halogens is 3. The van der Waals surface area contributed by atoms with Gasteiger partial charge in [-0.2, -0.15) is 5.10 Å². The third-order valence-corrected chi connectivity index (χ3v) is 4.07. The van der Waals surface area contributed by atoms with Crippen LogP contribution in [0, 0.1) is 30.9 Å². The monoisotopic (exact) mass is 371 g/mol. The van der Waals surface area contributed by atoms with Gasteiger partial charge >= 0.3 is 0 Å². The van der Waals surface area contributed by atoms with Crippen LogP contribution >= 0.6 is 11.6 Å². The lowest BCUT2D eigenvalue weighted by Crippen LogP contribution is -2.01. The van der Waals surface area contributed by atoms with Gasteiger partial charge in [0.2, 0.25) is 0 Å². The van der Waals surface area contributed by atoms with Crippen molar-refractivity contribution in [2.24, 2.45) is 0 Å². The highest BCUT2D eigenvalue weighted by molar-refractivity contribution is 6.32. The van der Waals surface area contributed by atoms with Crippen molar-refractivity contribution >= 4 is 11.6 Å². The van der Waals surface area contributed by atoms with Gasteiger partial charge in [-0.05, 0) is 19.1 Å². The van der Waals surface area contributed by atoms with E-state index in [-0.39, 0.29) is 22.0 Å². The highest BCUT2D eigenvalue weighted by Crippen LogP contribution is 2.41. The molecule has 26 heavy (non-hydrogen) atoms. The third kappa shape index (κ3) is 3.09. The zero-order chi connectivity index (χ0) is 18.8. The fraction of sp³-hybridized carbons (Fsp3) is 0.105. The zero-order valence-corrected chi connectivity index (χ0v) is 14.6.